The highest BCUT2D eigenvalue weighted by molar-refractivity contribution is 7.91. The number of benzene rings is 1. The predicted octanol–water partition coefficient (Wildman–Crippen LogP) is 2.65. The SMILES string of the molecule is CC(C)[C@H](OC(=O)[C@@H]1CCS(=O)(=O)C1)C(=O)Nc1ccccc1C(F)(F)F. The van der Waals surface area contributed by atoms with Gasteiger partial charge >= 0.3 is 12.1 Å². The van der Waals surface area contributed by atoms with E-state index < -0.39 is 57.1 Å². The van der Waals surface area contributed by atoms with Crippen LogP contribution in [0, 0.1) is 11.8 Å². The molecule has 1 aromatic rings. The van der Waals surface area contributed by atoms with E-state index in [1.54, 1.807) is 13.8 Å². The topological polar surface area (TPSA) is 89.5 Å². The van der Waals surface area contributed by atoms with Crippen molar-refractivity contribution in [2.75, 3.05) is 16.8 Å². The van der Waals surface area contributed by atoms with Crippen molar-refractivity contribution in [1.82, 2.24) is 0 Å². The Hall–Kier alpha value is -2.10. The second-order valence-corrected chi connectivity index (χ2v) is 8.96. The van der Waals surface area contributed by atoms with Crippen molar-refractivity contribution >= 4 is 27.4 Å². The lowest BCUT2D eigenvalue weighted by Gasteiger charge is -2.23. The van der Waals surface area contributed by atoms with E-state index in [2.05, 4.69) is 5.32 Å². The molecular formula is C17H20F3NO5S. The minimum absolute atomic E-state index is 0.102. The van der Waals surface area contributed by atoms with Crippen molar-refractivity contribution in [2.45, 2.75) is 32.5 Å². The molecule has 0 bridgehead atoms. The Kier molecular flexibility index (Phi) is 6.18. The highest BCUT2D eigenvalue weighted by Gasteiger charge is 2.38. The number of anilines is 1. The van der Waals surface area contributed by atoms with E-state index in [0.29, 0.717) is 0 Å². The zero-order chi connectivity index (χ0) is 20.4. The first-order valence-corrected chi connectivity index (χ1v) is 10.1. The maximum atomic E-state index is 13.1. The number of carbonyl (C=O) groups is 2. The molecule has 1 fully saturated rings. The summed E-state index contributed by atoms with van der Waals surface area (Å²) in [6, 6.07) is 4.46. The van der Waals surface area contributed by atoms with Crippen molar-refractivity contribution in [3.63, 3.8) is 0 Å². The van der Waals surface area contributed by atoms with Gasteiger partial charge in [0.15, 0.2) is 15.9 Å². The number of amides is 1. The van der Waals surface area contributed by atoms with Gasteiger partial charge in [0, 0.05) is 0 Å². The number of ether oxygens (including phenoxy) is 1. The molecule has 0 unspecified atom stereocenters. The minimum atomic E-state index is -4.66. The molecule has 0 aromatic heterocycles. The van der Waals surface area contributed by atoms with Gasteiger partial charge in [0.05, 0.1) is 28.7 Å². The smallest absolute Gasteiger partial charge is 0.418 e. The molecule has 1 aromatic carbocycles. The summed E-state index contributed by atoms with van der Waals surface area (Å²) in [5.41, 5.74) is -1.46. The van der Waals surface area contributed by atoms with Crippen LogP contribution in [0.4, 0.5) is 18.9 Å². The molecule has 2 rings (SSSR count). The molecule has 27 heavy (non-hydrogen) atoms. The number of hydrogen-bond acceptors (Lipinski definition) is 5. The average Bonchev–Trinajstić information content (AvgIpc) is 2.91. The number of carbonyl (C=O) groups excluding carboxylic acids is 2. The number of hydrogen-bond donors (Lipinski definition) is 1. The maximum Gasteiger partial charge on any atom is 0.418 e. The summed E-state index contributed by atoms with van der Waals surface area (Å²) < 4.78 is 67.3. The molecule has 1 saturated heterocycles. The molecule has 1 aliphatic rings. The minimum Gasteiger partial charge on any atom is -0.452 e. The quantitative estimate of drug-likeness (QED) is 0.758. The van der Waals surface area contributed by atoms with Crippen LogP contribution in [0.5, 0.6) is 0 Å². The molecule has 1 heterocycles. The van der Waals surface area contributed by atoms with Crippen molar-refractivity contribution in [3.05, 3.63) is 29.8 Å². The summed E-state index contributed by atoms with van der Waals surface area (Å²) in [5.74, 6) is -3.62. The van der Waals surface area contributed by atoms with Crippen molar-refractivity contribution in [1.29, 1.82) is 0 Å². The molecule has 10 heteroatoms. The van der Waals surface area contributed by atoms with Gasteiger partial charge in [-0.05, 0) is 24.5 Å². The lowest BCUT2D eigenvalue weighted by Crippen LogP contribution is -2.38. The summed E-state index contributed by atoms with van der Waals surface area (Å²) >= 11 is 0. The number of rotatable bonds is 5. The summed E-state index contributed by atoms with van der Waals surface area (Å²) in [4.78, 5) is 24.6. The molecule has 1 amide bonds. The van der Waals surface area contributed by atoms with Gasteiger partial charge in [-0.25, -0.2) is 8.42 Å². The molecule has 2 atom stereocenters. The fraction of sp³-hybridized carbons (Fsp3) is 0.529. The first-order chi connectivity index (χ1) is 12.4. The van der Waals surface area contributed by atoms with E-state index in [1.165, 1.54) is 12.1 Å². The van der Waals surface area contributed by atoms with Crippen molar-refractivity contribution in [3.8, 4) is 0 Å². The molecule has 0 spiro atoms. The number of nitrogens with one attached hydrogen (secondary N) is 1. The lowest BCUT2D eigenvalue weighted by molar-refractivity contribution is -0.160. The van der Waals surface area contributed by atoms with Gasteiger partial charge in [0.2, 0.25) is 0 Å². The van der Waals surface area contributed by atoms with Gasteiger partial charge in [-0.15, -0.1) is 0 Å². The fourth-order valence-corrected chi connectivity index (χ4v) is 4.46. The second-order valence-electron chi connectivity index (χ2n) is 6.73. The van der Waals surface area contributed by atoms with E-state index in [9.17, 15) is 31.2 Å². The van der Waals surface area contributed by atoms with E-state index >= 15 is 0 Å². The van der Waals surface area contributed by atoms with Crippen LogP contribution in [-0.4, -0.2) is 37.9 Å². The Morgan fingerprint density at radius 2 is 1.85 bits per heavy atom. The third-order valence-electron chi connectivity index (χ3n) is 4.16. The van der Waals surface area contributed by atoms with E-state index in [0.717, 1.165) is 12.1 Å². The standard InChI is InChI=1S/C17H20F3NO5S/c1-10(2)14(26-16(23)11-7-8-27(24,25)9-11)15(22)21-13-6-4-3-5-12(13)17(18,19)20/h3-6,10-11,14H,7-9H2,1-2H3,(H,21,22)/t11-,14+/m1/s1. The molecule has 1 N–H and O–H groups in total. The number of alkyl halides is 3. The van der Waals surface area contributed by atoms with Crippen molar-refractivity contribution in [2.24, 2.45) is 11.8 Å². The number of sulfone groups is 1. The average molecular weight is 407 g/mol. The highest BCUT2D eigenvalue weighted by atomic mass is 32.2. The lowest BCUT2D eigenvalue weighted by atomic mass is 10.0. The molecule has 0 aliphatic carbocycles. The van der Waals surface area contributed by atoms with E-state index in [4.69, 9.17) is 4.74 Å². The van der Waals surface area contributed by atoms with Crippen LogP contribution in [0.3, 0.4) is 0 Å². The molecular weight excluding hydrogens is 387 g/mol. The number of halogens is 3. The third-order valence-corrected chi connectivity index (χ3v) is 5.93. The van der Waals surface area contributed by atoms with Crippen LogP contribution in [-0.2, 0) is 30.3 Å². The first-order valence-electron chi connectivity index (χ1n) is 8.28. The Labute approximate surface area is 155 Å². The number of esters is 1. The first kappa shape index (κ1) is 21.2. The number of para-hydroxylation sites is 1. The van der Waals surface area contributed by atoms with Crippen LogP contribution in [0.2, 0.25) is 0 Å². The summed E-state index contributed by atoms with van der Waals surface area (Å²) in [5, 5.41) is 2.16. The normalized spacial score (nSPS) is 20.3. The summed E-state index contributed by atoms with van der Waals surface area (Å²) in [6.07, 6.45) is -5.90. The van der Waals surface area contributed by atoms with Crippen LogP contribution >= 0.6 is 0 Å². The zero-order valence-electron chi connectivity index (χ0n) is 14.7. The van der Waals surface area contributed by atoms with Crippen LogP contribution in [0.15, 0.2) is 24.3 Å². The molecule has 150 valence electrons. The summed E-state index contributed by atoms with van der Waals surface area (Å²) in [7, 11) is -3.31. The zero-order valence-corrected chi connectivity index (χ0v) is 15.6. The largest absolute Gasteiger partial charge is 0.452 e. The highest BCUT2D eigenvalue weighted by Crippen LogP contribution is 2.34. The van der Waals surface area contributed by atoms with Gasteiger partial charge < -0.3 is 10.1 Å². The molecule has 0 saturated carbocycles. The molecule has 0 radical (unpaired) electrons. The van der Waals surface area contributed by atoms with Gasteiger partial charge in [-0.3, -0.25) is 9.59 Å². The van der Waals surface area contributed by atoms with Crippen LogP contribution in [0.25, 0.3) is 0 Å². The molecule has 1 aliphatic heterocycles. The van der Waals surface area contributed by atoms with Gasteiger partial charge in [0.25, 0.3) is 5.91 Å². The van der Waals surface area contributed by atoms with Gasteiger partial charge in [-0.2, -0.15) is 13.2 Å². The monoisotopic (exact) mass is 407 g/mol. The van der Waals surface area contributed by atoms with E-state index in [1.807, 2.05) is 0 Å². The Bertz CT molecular complexity index is 820. The van der Waals surface area contributed by atoms with Gasteiger partial charge in [-0.1, -0.05) is 26.0 Å². The third kappa shape index (κ3) is 5.44. The Balaban J connectivity index is 2.14. The van der Waals surface area contributed by atoms with Crippen LogP contribution < -0.4 is 5.32 Å². The van der Waals surface area contributed by atoms with Crippen molar-refractivity contribution < 1.29 is 35.9 Å². The van der Waals surface area contributed by atoms with Crippen LogP contribution in [0.1, 0.15) is 25.8 Å². The predicted molar refractivity (Wildman–Crippen MR) is 91.6 cm³/mol. The van der Waals surface area contributed by atoms with E-state index in [-0.39, 0.29) is 17.9 Å². The Morgan fingerprint density at radius 3 is 2.37 bits per heavy atom. The summed E-state index contributed by atoms with van der Waals surface area (Å²) in [6.45, 7) is 3.14. The second kappa shape index (κ2) is 7.87. The fourth-order valence-electron chi connectivity index (χ4n) is 2.74. The Morgan fingerprint density at radius 1 is 1.22 bits per heavy atom. The molecule has 6 nitrogen and oxygen atoms in total. The van der Waals surface area contributed by atoms with Gasteiger partial charge in [0.1, 0.15) is 0 Å². The maximum absolute atomic E-state index is 13.1.